The zero-order valence-electron chi connectivity index (χ0n) is 18.7. The van der Waals surface area contributed by atoms with E-state index in [0.717, 1.165) is 5.57 Å². The van der Waals surface area contributed by atoms with E-state index in [1.807, 2.05) is 60.6 Å². The minimum Gasteiger partial charge on any atom is -0.475 e. The summed E-state index contributed by atoms with van der Waals surface area (Å²) in [6.07, 6.45) is 3.51. The van der Waals surface area contributed by atoms with Crippen molar-refractivity contribution in [2.75, 3.05) is 19.7 Å². The molecule has 2 aliphatic rings. The van der Waals surface area contributed by atoms with Crippen LogP contribution in [-0.2, 0) is 14.3 Å². The first kappa shape index (κ1) is 23.0. The van der Waals surface area contributed by atoms with Gasteiger partial charge in [-0.15, -0.1) is 0 Å². The molecule has 3 atom stereocenters. The zero-order valence-corrected chi connectivity index (χ0v) is 18.7. The predicted molar refractivity (Wildman–Crippen MR) is 114 cm³/mol. The first-order valence-electron chi connectivity index (χ1n) is 10.1. The fourth-order valence-corrected chi connectivity index (χ4v) is 3.70. The molecule has 1 aliphatic heterocycles. The molecule has 0 aromatic heterocycles. The van der Waals surface area contributed by atoms with Gasteiger partial charge in [-0.05, 0) is 67.0 Å². The Kier molecular flexibility index (Phi) is 6.81. The van der Waals surface area contributed by atoms with E-state index in [-0.39, 0.29) is 36.4 Å². The number of rotatable bonds is 7. The van der Waals surface area contributed by atoms with E-state index >= 15 is 0 Å². The van der Waals surface area contributed by atoms with Crippen molar-refractivity contribution >= 4 is 18.7 Å². The normalized spacial score (nSPS) is 24.7. The Morgan fingerprint density at radius 2 is 1.79 bits per heavy atom. The lowest BCUT2D eigenvalue weighted by atomic mass is 10.1. The number of hydrogen-bond acceptors (Lipinski definition) is 5. The molecular formula is C22H35N3O4. The van der Waals surface area contributed by atoms with Crippen molar-refractivity contribution < 1.29 is 19.1 Å². The Labute approximate surface area is 174 Å². The monoisotopic (exact) mass is 405 g/mol. The molecule has 2 fully saturated rings. The highest BCUT2D eigenvalue weighted by Crippen LogP contribution is 2.52. The van der Waals surface area contributed by atoms with Crippen LogP contribution in [0.25, 0.3) is 0 Å². The highest BCUT2D eigenvalue weighted by Gasteiger charge is 2.61. The van der Waals surface area contributed by atoms with E-state index < -0.39 is 11.1 Å². The Bertz CT molecular complexity index is 706. The summed E-state index contributed by atoms with van der Waals surface area (Å²) in [6.45, 7) is 18.2. The maximum absolute atomic E-state index is 12.7. The van der Waals surface area contributed by atoms with E-state index in [9.17, 15) is 9.59 Å². The van der Waals surface area contributed by atoms with Gasteiger partial charge in [0.1, 0.15) is 12.2 Å². The number of carbonyl (C=O) groups is 2. The molecule has 1 aliphatic carbocycles. The highest BCUT2D eigenvalue weighted by molar-refractivity contribution is 5.84. The van der Waals surface area contributed by atoms with Crippen molar-refractivity contribution in [3.8, 4) is 0 Å². The number of piperidine rings is 1. The minimum atomic E-state index is -0.551. The lowest BCUT2D eigenvalue weighted by molar-refractivity contribution is -0.125. The van der Waals surface area contributed by atoms with E-state index in [1.54, 1.807) is 4.90 Å². The fourth-order valence-electron chi connectivity index (χ4n) is 3.70. The van der Waals surface area contributed by atoms with E-state index in [2.05, 4.69) is 17.0 Å². The van der Waals surface area contributed by atoms with Crippen molar-refractivity contribution in [1.29, 1.82) is 0 Å². The van der Waals surface area contributed by atoms with Crippen molar-refractivity contribution in [3.05, 3.63) is 23.6 Å². The number of hydrogen-bond donors (Lipinski definition) is 1. The van der Waals surface area contributed by atoms with Crippen LogP contribution in [-0.4, -0.2) is 54.5 Å². The Morgan fingerprint density at radius 3 is 2.28 bits per heavy atom. The maximum atomic E-state index is 12.7. The number of fused-ring (bicyclic) bond motifs is 1. The standard InChI is InChI=1S/C22H35N3O4/c1-9-10-14(2)19(23-8)28-13-22(6,7)24-18(26)17-15-11-25(12-16(15)17)20(27)29-21(3,4)5/h9-10,15-17H,8,11-13H2,1-7H3,(H,24,26)/b10-9-,19-14+/t15-,16+,17?. The number of aliphatic imine (C=N–C) groups is 1. The molecule has 1 N–H and O–H groups in total. The lowest BCUT2D eigenvalue weighted by Crippen LogP contribution is -2.48. The van der Waals surface area contributed by atoms with Crippen LogP contribution in [0.15, 0.2) is 28.6 Å². The van der Waals surface area contributed by atoms with Crippen molar-refractivity contribution in [3.63, 3.8) is 0 Å². The first-order chi connectivity index (χ1) is 13.4. The van der Waals surface area contributed by atoms with Gasteiger partial charge in [0.25, 0.3) is 0 Å². The third-order valence-corrected chi connectivity index (χ3v) is 5.08. The summed E-state index contributed by atoms with van der Waals surface area (Å²) in [5.74, 6) is 0.842. The average molecular weight is 406 g/mol. The second-order valence-corrected chi connectivity index (χ2v) is 9.55. The molecule has 1 heterocycles. The molecular weight excluding hydrogens is 370 g/mol. The third-order valence-electron chi connectivity index (χ3n) is 5.08. The van der Waals surface area contributed by atoms with Crippen molar-refractivity contribution in [2.45, 2.75) is 59.6 Å². The van der Waals surface area contributed by atoms with Gasteiger partial charge in [-0.2, -0.15) is 0 Å². The van der Waals surface area contributed by atoms with Gasteiger partial charge in [0.2, 0.25) is 11.8 Å². The molecule has 7 nitrogen and oxygen atoms in total. The van der Waals surface area contributed by atoms with Gasteiger partial charge in [0.05, 0.1) is 5.54 Å². The van der Waals surface area contributed by atoms with Crippen LogP contribution in [0, 0.1) is 17.8 Å². The topological polar surface area (TPSA) is 80.2 Å². The number of nitrogens with one attached hydrogen (secondary N) is 1. The number of carbonyl (C=O) groups excluding carboxylic acids is 2. The predicted octanol–water partition coefficient (Wildman–Crippen LogP) is 3.52. The summed E-state index contributed by atoms with van der Waals surface area (Å²) < 4.78 is 11.2. The van der Waals surface area contributed by atoms with Crippen LogP contribution in [0.3, 0.4) is 0 Å². The fraction of sp³-hybridized carbons (Fsp3) is 0.682. The molecule has 0 aromatic carbocycles. The number of ether oxygens (including phenoxy) is 2. The van der Waals surface area contributed by atoms with E-state index in [4.69, 9.17) is 9.47 Å². The molecule has 1 saturated heterocycles. The molecule has 0 radical (unpaired) electrons. The van der Waals surface area contributed by atoms with Gasteiger partial charge in [0, 0.05) is 24.6 Å². The van der Waals surface area contributed by atoms with Crippen molar-refractivity contribution in [1.82, 2.24) is 10.2 Å². The molecule has 7 heteroatoms. The van der Waals surface area contributed by atoms with Crippen LogP contribution >= 0.6 is 0 Å². The van der Waals surface area contributed by atoms with E-state index in [1.165, 1.54) is 0 Å². The zero-order chi connectivity index (χ0) is 22.0. The summed E-state index contributed by atoms with van der Waals surface area (Å²) in [4.78, 5) is 30.5. The first-order valence-corrected chi connectivity index (χ1v) is 10.1. The molecule has 29 heavy (non-hydrogen) atoms. The smallest absolute Gasteiger partial charge is 0.410 e. The van der Waals surface area contributed by atoms with Crippen molar-refractivity contribution in [2.24, 2.45) is 22.7 Å². The maximum Gasteiger partial charge on any atom is 0.410 e. The molecule has 0 aromatic rings. The van der Waals surface area contributed by atoms with Crippen LogP contribution in [0.5, 0.6) is 0 Å². The number of amides is 2. The average Bonchev–Trinajstić information content (AvgIpc) is 3.08. The Morgan fingerprint density at radius 1 is 1.21 bits per heavy atom. The van der Waals surface area contributed by atoms with Gasteiger partial charge in [0.15, 0.2) is 0 Å². The molecule has 0 spiro atoms. The minimum absolute atomic E-state index is 0.0136. The van der Waals surface area contributed by atoms with Crippen LogP contribution in [0.1, 0.15) is 48.5 Å². The molecule has 2 amide bonds. The van der Waals surface area contributed by atoms with Gasteiger partial charge in [-0.1, -0.05) is 12.2 Å². The largest absolute Gasteiger partial charge is 0.475 e. The molecule has 1 unspecified atom stereocenters. The highest BCUT2D eigenvalue weighted by atomic mass is 16.6. The van der Waals surface area contributed by atoms with Crippen LogP contribution < -0.4 is 5.32 Å². The number of likely N-dealkylation sites (tertiary alicyclic amines) is 1. The summed E-state index contributed by atoms with van der Waals surface area (Å²) in [6, 6.07) is 0. The number of nitrogens with zero attached hydrogens (tertiary/aromatic N) is 2. The molecule has 0 bridgehead atoms. The Balaban J connectivity index is 1.84. The quantitative estimate of drug-likeness (QED) is 0.399. The lowest BCUT2D eigenvalue weighted by Gasteiger charge is -2.28. The van der Waals surface area contributed by atoms with Crippen LogP contribution in [0.2, 0.25) is 0 Å². The second kappa shape index (κ2) is 8.59. The summed E-state index contributed by atoms with van der Waals surface area (Å²) >= 11 is 0. The summed E-state index contributed by atoms with van der Waals surface area (Å²) in [5, 5.41) is 3.08. The SMILES string of the molecule is C=N/C(OCC(C)(C)NC(=O)C1[C@H]2CN(C(=O)OC(C)(C)C)C[C@@H]12)=C(C)\C=C/C. The Hall–Kier alpha value is -2.31. The van der Waals surface area contributed by atoms with Gasteiger partial charge in [-0.25, -0.2) is 9.79 Å². The third kappa shape index (κ3) is 6.08. The van der Waals surface area contributed by atoms with Gasteiger partial charge < -0.3 is 19.7 Å². The number of allylic oxidation sites excluding steroid dienone is 3. The van der Waals surface area contributed by atoms with Gasteiger partial charge in [-0.3, -0.25) is 4.79 Å². The second-order valence-electron chi connectivity index (χ2n) is 9.55. The molecule has 2 rings (SSSR count). The molecule has 162 valence electrons. The summed E-state index contributed by atoms with van der Waals surface area (Å²) in [7, 11) is 0. The van der Waals surface area contributed by atoms with Gasteiger partial charge >= 0.3 is 6.09 Å². The summed E-state index contributed by atoms with van der Waals surface area (Å²) in [5.41, 5.74) is -0.183. The molecule has 1 saturated carbocycles. The van der Waals surface area contributed by atoms with Crippen LogP contribution in [0.4, 0.5) is 4.79 Å². The van der Waals surface area contributed by atoms with E-state index in [0.29, 0.717) is 19.0 Å².